The van der Waals surface area contributed by atoms with E-state index in [0.717, 1.165) is 33.2 Å². The number of thiazole rings is 1. The van der Waals surface area contributed by atoms with Crippen LogP contribution >= 0.6 is 11.3 Å². The van der Waals surface area contributed by atoms with Crippen LogP contribution in [0.1, 0.15) is 48.6 Å². The summed E-state index contributed by atoms with van der Waals surface area (Å²) in [5, 5.41) is 2.86. The number of ether oxygens (including phenoxy) is 3. The third kappa shape index (κ3) is 11.9. The summed E-state index contributed by atoms with van der Waals surface area (Å²) in [6.07, 6.45) is 4.67. The number of methoxy groups -OCH3 is 1. The molecule has 1 atom stereocenters. The molecule has 8 nitrogen and oxygen atoms in total. The fraction of sp³-hybridized carbons (Fsp3) is 0.290. The Morgan fingerprint density at radius 1 is 1.05 bits per heavy atom. The Morgan fingerprint density at radius 3 is 2.35 bits per heavy atom. The van der Waals surface area contributed by atoms with Gasteiger partial charge < -0.3 is 19.9 Å². The monoisotopic (exact) mass is 564 g/mol. The van der Waals surface area contributed by atoms with Crippen molar-refractivity contribution in [1.82, 2.24) is 4.98 Å². The van der Waals surface area contributed by atoms with Gasteiger partial charge in [0.15, 0.2) is 6.29 Å². The Hall–Kier alpha value is -3.92. The van der Waals surface area contributed by atoms with Crippen LogP contribution in [0.15, 0.2) is 77.2 Å². The lowest BCUT2D eigenvalue weighted by Crippen LogP contribution is -2.13. The molecule has 3 rings (SSSR count). The van der Waals surface area contributed by atoms with Gasteiger partial charge in [-0.2, -0.15) is 0 Å². The summed E-state index contributed by atoms with van der Waals surface area (Å²) in [5.74, 6) is 0.00436. The predicted octanol–water partition coefficient (Wildman–Crippen LogP) is 5.28. The fourth-order valence-electron chi connectivity index (χ4n) is 3.44. The van der Waals surface area contributed by atoms with Crippen LogP contribution in [0.2, 0.25) is 0 Å². The molecular formula is C31H36N2O6S. The number of hydrogen-bond acceptors (Lipinski definition) is 9. The molecule has 2 aromatic carbocycles. The lowest BCUT2D eigenvalue weighted by molar-refractivity contribution is -0.138. The van der Waals surface area contributed by atoms with Crippen LogP contribution in [0, 0.1) is 0 Å². The van der Waals surface area contributed by atoms with Crippen molar-refractivity contribution in [2.45, 2.75) is 39.8 Å². The molecule has 2 N–H and O–H groups in total. The fourth-order valence-corrected chi connectivity index (χ4v) is 4.22. The maximum atomic E-state index is 11.8. The number of rotatable bonds is 13. The SMILES string of the molecule is CCOC(=O)/C(C)=C\C(C)=C\c1csc(C(N)Cc2ccc(OCc3ccccc3)cc2)n1.COCC(=O)C=O. The molecule has 1 heterocycles. The van der Waals surface area contributed by atoms with Crippen molar-refractivity contribution in [2.75, 3.05) is 20.3 Å². The van der Waals surface area contributed by atoms with Crippen LogP contribution in [-0.2, 0) is 36.9 Å². The molecule has 0 aliphatic heterocycles. The molecule has 9 heteroatoms. The lowest BCUT2D eigenvalue weighted by Gasteiger charge is -2.10. The summed E-state index contributed by atoms with van der Waals surface area (Å²) in [6, 6.07) is 17.9. The number of Topliss-reactive ketones (excluding diaryl/α,β-unsaturated/α-hetero) is 1. The van der Waals surface area contributed by atoms with Gasteiger partial charge in [0.1, 0.15) is 24.0 Å². The summed E-state index contributed by atoms with van der Waals surface area (Å²) in [7, 11) is 1.36. The van der Waals surface area contributed by atoms with Gasteiger partial charge in [0.2, 0.25) is 5.78 Å². The van der Waals surface area contributed by atoms with E-state index in [2.05, 4.69) is 9.72 Å². The largest absolute Gasteiger partial charge is 0.489 e. The van der Waals surface area contributed by atoms with Crippen LogP contribution in [-0.4, -0.2) is 43.3 Å². The number of nitrogens with two attached hydrogens (primary N) is 1. The normalized spacial score (nSPS) is 12.1. The van der Waals surface area contributed by atoms with Crippen molar-refractivity contribution >= 4 is 35.5 Å². The van der Waals surface area contributed by atoms with Crippen LogP contribution in [0.4, 0.5) is 0 Å². The van der Waals surface area contributed by atoms with Crippen LogP contribution < -0.4 is 10.5 Å². The molecule has 0 radical (unpaired) electrons. The molecule has 40 heavy (non-hydrogen) atoms. The number of aromatic nitrogens is 1. The van der Waals surface area contributed by atoms with Crippen LogP contribution in [0.5, 0.6) is 5.75 Å². The van der Waals surface area contributed by atoms with Gasteiger partial charge in [-0.05, 0) is 68.2 Å². The van der Waals surface area contributed by atoms with Gasteiger partial charge in [-0.1, -0.05) is 42.5 Å². The lowest BCUT2D eigenvalue weighted by atomic mass is 10.1. The minimum atomic E-state index is -0.525. The van der Waals surface area contributed by atoms with Gasteiger partial charge in [0.25, 0.3) is 0 Å². The van der Waals surface area contributed by atoms with E-state index in [9.17, 15) is 14.4 Å². The van der Waals surface area contributed by atoms with E-state index in [1.165, 1.54) is 7.11 Å². The first-order valence-electron chi connectivity index (χ1n) is 12.7. The zero-order valence-electron chi connectivity index (χ0n) is 23.3. The first kappa shape index (κ1) is 32.3. The van der Waals surface area contributed by atoms with Crippen molar-refractivity contribution in [1.29, 1.82) is 0 Å². The van der Waals surface area contributed by atoms with Crippen molar-refractivity contribution in [3.63, 3.8) is 0 Å². The second-order valence-electron chi connectivity index (χ2n) is 8.79. The number of nitrogens with zero attached hydrogens (tertiary/aromatic N) is 1. The van der Waals surface area contributed by atoms with E-state index < -0.39 is 5.78 Å². The topological polar surface area (TPSA) is 118 Å². The molecule has 0 saturated carbocycles. The molecule has 0 aliphatic carbocycles. The van der Waals surface area contributed by atoms with E-state index >= 15 is 0 Å². The maximum absolute atomic E-state index is 11.8. The van der Waals surface area contributed by atoms with E-state index in [1.807, 2.05) is 73.0 Å². The van der Waals surface area contributed by atoms with Gasteiger partial charge in [-0.3, -0.25) is 9.59 Å². The Bertz CT molecular complexity index is 1280. The first-order valence-corrected chi connectivity index (χ1v) is 13.6. The highest BCUT2D eigenvalue weighted by atomic mass is 32.1. The van der Waals surface area contributed by atoms with Crippen molar-refractivity contribution in [3.8, 4) is 5.75 Å². The third-order valence-electron chi connectivity index (χ3n) is 5.32. The minimum Gasteiger partial charge on any atom is -0.489 e. The molecule has 1 unspecified atom stereocenters. The Kier molecular flexibility index (Phi) is 14.2. The number of ketones is 1. The molecule has 0 bridgehead atoms. The number of benzene rings is 2. The van der Waals surface area contributed by atoms with Crippen LogP contribution in [0.25, 0.3) is 6.08 Å². The second kappa shape index (κ2) is 17.6. The van der Waals surface area contributed by atoms with E-state index in [4.69, 9.17) is 15.2 Å². The maximum Gasteiger partial charge on any atom is 0.333 e. The number of aldehydes is 1. The average Bonchev–Trinajstić information content (AvgIpc) is 3.42. The Balaban J connectivity index is 0.000000708. The summed E-state index contributed by atoms with van der Waals surface area (Å²) < 4.78 is 15.2. The van der Waals surface area contributed by atoms with Gasteiger partial charge in [0.05, 0.1) is 18.3 Å². The Morgan fingerprint density at radius 2 is 1.75 bits per heavy atom. The van der Waals surface area contributed by atoms with Gasteiger partial charge in [-0.15, -0.1) is 11.3 Å². The number of carbonyl (C=O) groups excluding carboxylic acids is 3. The zero-order chi connectivity index (χ0) is 29.3. The standard InChI is InChI=1S/C27H30N2O3S.C4H6O3/c1-4-31-27(30)20(3)14-19(2)15-23-18-33-26(29-23)25(28)16-21-10-12-24(13-11-21)32-17-22-8-6-5-7-9-22;1-7-3-4(6)2-5/h5-15,18,25H,4,16-17,28H2,1-3H3;2H,3H2,1H3/b19-15+,20-14-;. The first-order chi connectivity index (χ1) is 19.2. The summed E-state index contributed by atoms with van der Waals surface area (Å²) in [6.45, 7) is 6.27. The highest BCUT2D eigenvalue weighted by Gasteiger charge is 2.12. The molecule has 1 aromatic heterocycles. The van der Waals surface area contributed by atoms with E-state index in [0.29, 0.717) is 25.2 Å². The van der Waals surface area contributed by atoms with E-state index in [1.54, 1.807) is 31.3 Å². The third-order valence-corrected chi connectivity index (χ3v) is 6.31. The highest BCUT2D eigenvalue weighted by Crippen LogP contribution is 2.23. The molecule has 212 valence electrons. The number of allylic oxidation sites excluding steroid dienone is 2. The Labute approximate surface area is 239 Å². The zero-order valence-corrected chi connectivity index (χ0v) is 24.1. The quantitative estimate of drug-likeness (QED) is 0.0980. The average molecular weight is 565 g/mol. The number of carbonyl (C=O) groups is 3. The van der Waals surface area contributed by atoms with Crippen molar-refractivity contribution < 1.29 is 28.6 Å². The molecule has 0 saturated heterocycles. The molecular weight excluding hydrogens is 528 g/mol. The molecule has 0 fully saturated rings. The van der Waals surface area contributed by atoms with Gasteiger partial charge >= 0.3 is 5.97 Å². The molecule has 0 aliphatic rings. The van der Waals surface area contributed by atoms with Gasteiger partial charge in [0, 0.05) is 18.1 Å². The second-order valence-corrected chi connectivity index (χ2v) is 9.68. The molecule has 3 aromatic rings. The smallest absolute Gasteiger partial charge is 0.333 e. The summed E-state index contributed by atoms with van der Waals surface area (Å²) in [5.41, 5.74) is 11.0. The molecule has 0 spiro atoms. The number of hydrogen-bond donors (Lipinski definition) is 1. The predicted molar refractivity (Wildman–Crippen MR) is 157 cm³/mol. The molecule has 0 amide bonds. The van der Waals surface area contributed by atoms with Crippen molar-refractivity contribution in [3.05, 3.63) is 99.0 Å². The summed E-state index contributed by atoms with van der Waals surface area (Å²) >= 11 is 1.54. The number of esters is 1. The van der Waals surface area contributed by atoms with E-state index in [-0.39, 0.29) is 24.9 Å². The van der Waals surface area contributed by atoms with Crippen molar-refractivity contribution in [2.24, 2.45) is 5.73 Å². The van der Waals surface area contributed by atoms with Crippen LogP contribution in [0.3, 0.4) is 0 Å². The van der Waals surface area contributed by atoms with Gasteiger partial charge in [-0.25, -0.2) is 9.78 Å². The summed E-state index contributed by atoms with van der Waals surface area (Å²) in [4.78, 5) is 35.8. The minimum absolute atomic E-state index is 0.108. The highest BCUT2D eigenvalue weighted by molar-refractivity contribution is 7.09.